The molecule has 0 radical (unpaired) electrons. The number of carbonyl (C=O) groups excluding carboxylic acids is 1. The van der Waals surface area contributed by atoms with Crippen LogP contribution in [-0.2, 0) is 14.8 Å². The first-order chi connectivity index (χ1) is 13.9. The van der Waals surface area contributed by atoms with Crippen LogP contribution < -0.4 is 10.1 Å². The highest BCUT2D eigenvalue weighted by Crippen LogP contribution is 2.22. The zero-order valence-corrected chi connectivity index (χ0v) is 17.1. The van der Waals surface area contributed by atoms with Crippen molar-refractivity contribution in [2.75, 3.05) is 18.4 Å². The fourth-order valence-electron chi connectivity index (χ4n) is 3.19. The topological polar surface area (TPSA) is 75.7 Å². The average molecular weight is 421 g/mol. The number of nitrogens with one attached hydrogen (secondary N) is 1. The molecule has 1 N–H and O–H groups in total. The summed E-state index contributed by atoms with van der Waals surface area (Å²) in [5.41, 5.74) is 0.480. The maximum atomic E-state index is 13.0. The molecule has 0 aliphatic carbocycles. The Labute approximate surface area is 170 Å². The maximum absolute atomic E-state index is 13.0. The molecule has 1 aliphatic rings. The van der Waals surface area contributed by atoms with Crippen molar-refractivity contribution in [1.29, 1.82) is 0 Å². The summed E-state index contributed by atoms with van der Waals surface area (Å²) < 4.78 is 45.5. The third-order valence-electron chi connectivity index (χ3n) is 4.83. The number of hydrogen-bond donors (Lipinski definition) is 1. The summed E-state index contributed by atoms with van der Waals surface area (Å²) in [6.45, 7) is 2.89. The maximum Gasteiger partial charge on any atom is 0.265 e. The lowest BCUT2D eigenvalue weighted by Crippen LogP contribution is -2.35. The second-order valence-electron chi connectivity index (χ2n) is 6.95. The third-order valence-corrected chi connectivity index (χ3v) is 6.74. The highest BCUT2D eigenvalue weighted by Gasteiger charge is 2.26. The Kier molecular flexibility index (Phi) is 6.87. The van der Waals surface area contributed by atoms with Gasteiger partial charge in [0, 0.05) is 18.8 Å². The number of carbonyl (C=O) groups is 1. The normalized spacial score (nSPS) is 16.2. The molecule has 1 aliphatic heterocycles. The molecule has 1 fully saturated rings. The van der Waals surface area contributed by atoms with Crippen molar-refractivity contribution in [2.45, 2.75) is 43.6 Å². The van der Waals surface area contributed by atoms with Crippen molar-refractivity contribution in [2.24, 2.45) is 0 Å². The number of anilines is 1. The van der Waals surface area contributed by atoms with E-state index in [9.17, 15) is 17.6 Å². The van der Waals surface area contributed by atoms with Gasteiger partial charge in [-0.1, -0.05) is 13.3 Å². The highest BCUT2D eigenvalue weighted by molar-refractivity contribution is 7.89. The van der Waals surface area contributed by atoms with E-state index in [4.69, 9.17) is 4.74 Å². The summed E-state index contributed by atoms with van der Waals surface area (Å²) in [6.07, 6.45) is 2.47. The first kappa shape index (κ1) is 21.3. The van der Waals surface area contributed by atoms with E-state index in [0.29, 0.717) is 30.9 Å². The van der Waals surface area contributed by atoms with Crippen LogP contribution >= 0.6 is 0 Å². The Hall–Kier alpha value is -2.45. The van der Waals surface area contributed by atoms with Crippen molar-refractivity contribution in [3.8, 4) is 5.75 Å². The molecule has 2 aromatic rings. The second kappa shape index (κ2) is 9.37. The third kappa shape index (κ3) is 5.33. The van der Waals surface area contributed by atoms with Gasteiger partial charge in [0.05, 0.1) is 4.90 Å². The molecule has 29 heavy (non-hydrogen) atoms. The molecule has 1 amide bonds. The van der Waals surface area contributed by atoms with Gasteiger partial charge in [-0.25, -0.2) is 12.8 Å². The standard InChI is InChI=1S/C21H25FN2O4S/c1-2-20(28-18-10-6-16(22)7-11-18)21(25)23-17-8-12-19(13-9-17)29(26,27)24-14-4-3-5-15-24/h6-13,20H,2-5,14-15H2,1H3,(H,23,25)/t20-/m0/s1. The quantitative estimate of drug-likeness (QED) is 0.739. The number of sulfonamides is 1. The van der Waals surface area contributed by atoms with Crippen molar-refractivity contribution in [1.82, 2.24) is 4.31 Å². The molecule has 156 valence electrons. The van der Waals surface area contributed by atoms with Gasteiger partial charge in [0.25, 0.3) is 5.91 Å². The fourth-order valence-corrected chi connectivity index (χ4v) is 4.70. The van der Waals surface area contributed by atoms with E-state index >= 15 is 0 Å². The molecule has 0 saturated carbocycles. The van der Waals surface area contributed by atoms with E-state index in [0.717, 1.165) is 19.3 Å². The zero-order chi connectivity index (χ0) is 20.9. The second-order valence-corrected chi connectivity index (χ2v) is 8.88. The predicted molar refractivity (Wildman–Crippen MR) is 109 cm³/mol. The van der Waals surface area contributed by atoms with Crippen LogP contribution in [0, 0.1) is 5.82 Å². The molecular formula is C21H25FN2O4S. The van der Waals surface area contributed by atoms with Gasteiger partial charge < -0.3 is 10.1 Å². The van der Waals surface area contributed by atoms with E-state index in [1.54, 1.807) is 12.1 Å². The van der Waals surface area contributed by atoms with Crippen LogP contribution in [-0.4, -0.2) is 37.8 Å². The number of hydrogen-bond acceptors (Lipinski definition) is 4. The van der Waals surface area contributed by atoms with E-state index < -0.39 is 16.1 Å². The monoisotopic (exact) mass is 420 g/mol. The van der Waals surface area contributed by atoms with Crippen LogP contribution in [0.1, 0.15) is 32.6 Å². The highest BCUT2D eigenvalue weighted by atomic mass is 32.2. The van der Waals surface area contributed by atoms with Gasteiger partial charge in [0.15, 0.2) is 6.10 Å². The Morgan fingerprint density at radius 2 is 1.69 bits per heavy atom. The summed E-state index contributed by atoms with van der Waals surface area (Å²) in [6, 6.07) is 11.6. The summed E-state index contributed by atoms with van der Waals surface area (Å²) >= 11 is 0. The molecule has 0 unspecified atom stereocenters. The van der Waals surface area contributed by atoms with Gasteiger partial charge in [-0.3, -0.25) is 4.79 Å². The van der Waals surface area contributed by atoms with Crippen LogP contribution in [0.2, 0.25) is 0 Å². The molecular weight excluding hydrogens is 395 g/mol. The minimum atomic E-state index is -3.51. The molecule has 2 aromatic carbocycles. The molecule has 6 nitrogen and oxygen atoms in total. The lowest BCUT2D eigenvalue weighted by Gasteiger charge is -2.26. The lowest BCUT2D eigenvalue weighted by molar-refractivity contribution is -0.122. The first-order valence-electron chi connectivity index (χ1n) is 9.73. The van der Waals surface area contributed by atoms with Gasteiger partial charge in [0.2, 0.25) is 10.0 Å². The van der Waals surface area contributed by atoms with Crippen LogP contribution in [0.5, 0.6) is 5.75 Å². The van der Waals surface area contributed by atoms with E-state index in [1.165, 1.54) is 40.7 Å². The molecule has 1 heterocycles. The Morgan fingerprint density at radius 3 is 2.28 bits per heavy atom. The Balaban J connectivity index is 1.64. The smallest absolute Gasteiger partial charge is 0.265 e. The predicted octanol–water partition coefficient (Wildman–Crippen LogP) is 3.80. The van der Waals surface area contributed by atoms with Crippen LogP contribution in [0.15, 0.2) is 53.4 Å². The largest absolute Gasteiger partial charge is 0.481 e. The number of nitrogens with zero attached hydrogens (tertiary/aromatic N) is 1. The van der Waals surface area contributed by atoms with Gasteiger partial charge in [0.1, 0.15) is 11.6 Å². The number of rotatable bonds is 7. The molecule has 0 spiro atoms. The summed E-state index contributed by atoms with van der Waals surface area (Å²) in [7, 11) is -3.51. The van der Waals surface area contributed by atoms with E-state index in [-0.39, 0.29) is 16.6 Å². The number of benzene rings is 2. The van der Waals surface area contributed by atoms with Crippen molar-refractivity contribution in [3.05, 3.63) is 54.3 Å². The summed E-state index contributed by atoms with van der Waals surface area (Å²) in [5, 5.41) is 2.74. The van der Waals surface area contributed by atoms with Crippen LogP contribution in [0.25, 0.3) is 0 Å². The SMILES string of the molecule is CC[C@H](Oc1ccc(F)cc1)C(=O)Nc1ccc(S(=O)(=O)N2CCCCC2)cc1. The minimum Gasteiger partial charge on any atom is -0.481 e. The molecule has 0 aromatic heterocycles. The van der Waals surface area contributed by atoms with Gasteiger partial charge in [-0.2, -0.15) is 4.31 Å². The number of piperidine rings is 1. The van der Waals surface area contributed by atoms with Gasteiger partial charge in [-0.15, -0.1) is 0 Å². The molecule has 3 rings (SSSR count). The van der Waals surface area contributed by atoms with Crippen molar-refractivity contribution >= 4 is 21.6 Å². The van der Waals surface area contributed by atoms with E-state index in [2.05, 4.69) is 5.32 Å². The van der Waals surface area contributed by atoms with Crippen molar-refractivity contribution < 1.29 is 22.3 Å². The number of halogens is 1. The molecule has 1 saturated heterocycles. The zero-order valence-electron chi connectivity index (χ0n) is 16.3. The Morgan fingerprint density at radius 1 is 1.07 bits per heavy atom. The average Bonchev–Trinajstić information content (AvgIpc) is 2.74. The molecule has 1 atom stereocenters. The summed E-state index contributed by atoms with van der Waals surface area (Å²) in [5.74, 6) is -0.339. The Bertz CT molecular complexity index is 924. The number of ether oxygens (including phenoxy) is 1. The number of amides is 1. The van der Waals surface area contributed by atoms with E-state index in [1.807, 2.05) is 6.92 Å². The fraction of sp³-hybridized carbons (Fsp3) is 0.381. The van der Waals surface area contributed by atoms with Gasteiger partial charge >= 0.3 is 0 Å². The minimum absolute atomic E-state index is 0.215. The summed E-state index contributed by atoms with van der Waals surface area (Å²) in [4.78, 5) is 12.7. The van der Waals surface area contributed by atoms with Crippen LogP contribution in [0.4, 0.5) is 10.1 Å². The molecule has 8 heteroatoms. The molecule has 0 bridgehead atoms. The van der Waals surface area contributed by atoms with Gasteiger partial charge in [-0.05, 0) is 67.8 Å². The lowest BCUT2D eigenvalue weighted by atomic mass is 10.2. The van der Waals surface area contributed by atoms with Crippen molar-refractivity contribution in [3.63, 3.8) is 0 Å². The first-order valence-corrected chi connectivity index (χ1v) is 11.2. The van der Waals surface area contributed by atoms with Crippen LogP contribution in [0.3, 0.4) is 0 Å².